The molecule has 0 aliphatic heterocycles. The van der Waals surface area contributed by atoms with E-state index in [-0.39, 0.29) is 0 Å². The van der Waals surface area contributed by atoms with Crippen LogP contribution in [0.25, 0.3) is 0 Å². The largest absolute Gasteiger partial charge is 0.288 e. The van der Waals surface area contributed by atoms with Gasteiger partial charge >= 0.3 is 0 Å². The minimum atomic E-state index is -0.992. The van der Waals surface area contributed by atoms with E-state index in [9.17, 15) is 4.21 Å². The molecule has 4 heteroatoms. The average molecular weight is 168 g/mol. The predicted molar refractivity (Wildman–Crippen MR) is 43.2 cm³/mol. The molecule has 0 aliphatic rings. The molecular weight excluding hydrogens is 155 g/mol. The molecule has 56 valence electrons. The first-order valence-electron chi connectivity index (χ1n) is 3.09. The van der Waals surface area contributed by atoms with Gasteiger partial charge in [0.1, 0.15) is 0 Å². The molecule has 9 heavy (non-hydrogen) atoms. The van der Waals surface area contributed by atoms with E-state index in [1.807, 2.05) is 13.8 Å². The minimum absolute atomic E-state index is 0.448. The van der Waals surface area contributed by atoms with Gasteiger partial charge in [-0.3, -0.25) is 4.18 Å². The average Bonchev–Trinajstić information content (AvgIpc) is 1.85. The molecule has 0 radical (unpaired) electrons. The van der Waals surface area contributed by atoms with E-state index >= 15 is 0 Å². The molecule has 0 rings (SSSR count). The first-order valence-corrected chi connectivity index (χ1v) is 6.10. The first-order chi connectivity index (χ1) is 4.31. The maximum atomic E-state index is 10.7. The second kappa shape index (κ2) is 6.66. The molecule has 0 aromatic rings. The standard InChI is InChI=1S/C5H13O2PS/c1-3-5-7-9(6)8-4-2/h8H,3-5H2,1-2H3. The Balaban J connectivity index is 3.06. The molecule has 2 nitrogen and oxygen atoms in total. The fourth-order valence-corrected chi connectivity index (χ4v) is 2.16. The Labute approximate surface area is 60.6 Å². The second-order valence-electron chi connectivity index (χ2n) is 1.55. The predicted octanol–water partition coefficient (Wildman–Crippen LogP) is 1.69. The topological polar surface area (TPSA) is 26.3 Å². The number of rotatable bonds is 5. The van der Waals surface area contributed by atoms with Crippen LogP contribution in [0, 0.1) is 0 Å². The van der Waals surface area contributed by atoms with Crippen LogP contribution in [-0.4, -0.2) is 17.0 Å². The summed E-state index contributed by atoms with van der Waals surface area (Å²) in [7, 11) is -0.544. The van der Waals surface area contributed by atoms with Crippen LogP contribution in [0.5, 0.6) is 0 Å². The van der Waals surface area contributed by atoms with E-state index in [4.69, 9.17) is 4.18 Å². The summed E-state index contributed by atoms with van der Waals surface area (Å²) in [5, 5.41) is 0. The molecule has 0 aromatic carbocycles. The lowest BCUT2D eigenvalue weighted by Crippen LogP contribution is -1.91. The van der Waals surface area contributed by atoms with Gasteiger partial charge in [-0.05, 0) is 12.6 Å². The van der Waals surface area contributed by atoms with Crippen LogP contribution < -0.4 is 0 Å². The van der Waals surface area contributed by atoms with Gasteiger partial charge in [0, 0.05) is 7.78 Å². The second-order valence-corrected chi connectivity index (χ2v) is 5.12. The van der Waals surface area contributed by atoms with Crippen molar-refractivity contribution < 1.29 is 8.39 Å². The zero-order valence-corrected chi connectivity index (χ0v) is 7.66. The Kier molecular flexibility index (Phi) is 7.06. The SMILES string of the molecule is CCCOS(=O)PCC. The fourth-order valence-electron chi connectivity index (χ4n) is 0.319. The normalized spacial score (nSPS) is 14.9. The zero-order valence-electron chi connectivity index (χ0n) is 5.85. The Morgan fingerprint density at radius 3 is 2.67 bits per heavy atom. The van der Waals surface area contributed by atoms with Crippen molar-refractivity contribution in [2.75, 3.05) is 12.8 Å². The van der Waals surface area contributed by atoms with Crippen LogP contribution in [0.15, 0.2) is 0 Å². The van der Waals surface area contributed by atoms with Gasteiger partial charge in [0.15, 0.2) is 10.7 Å². The molecule has 0 amide bonds. The van der Waals surface area contributed by atoms with Gasteiger partial charge in [-0.25, -0.2) is 4.21 Å². The Hall–Kier alpha value is 0.540. The lowest BCUT2D eigenvalue weighted by molar-refractivity contribution is 0.355. The molecule has 2 unspecified atom stereocenters. The van der Waals surface area contributed by atoms with Gasteiger partial charge in [-0.1, -0.05) is 13.8 Å². The van der Waals surface area contributed by atoms with E-state index in [0.29, 0.717) is 14.4 Å². The lowest BCUT2D eigenvalue weighted by Gasteiger charge is -1.97. The maximum absolute atomic E-state index is 10.7. The number of hydrogen-bond donors (Lipinski definition) is 0. The van der Waals surface area contributed by atoms with Crippen LogP contribution in [0.3, 0.4) is 0 Å². The van der Waals surface area contributed by atoms with Gasteiger partial charge in [0.2, 0.25) is 0 Å². The quantitative estimate of drug-likeness (QED) is 0.584. The molecule has 0 aliphatic carbocycles. The fraction of sp³-hybridized carbons (Fsp3) is 1.00. The zero-order chi connectivity index (χ0) is 7.11. The summed E-state index contributed by atoms with van der Waals surface area (Å²) < 4.78 is 15.6. The van der Waals surface area contributed by atoms with Crippen LogP contribution in [0.2, 0.25) is 0 Å². The minimum Gasteiger partial charge on any atom is -0.288 e. The van der Waals surface area contributed by atoms with Gasteiger partial charge < -0.3 is 0 Å². The van der Waals surface area contributed by atoms with Crippen molar-refractivity contribution in [3.63, 3.8) is 0 Å². The molecule has 0 saturated carbocycles. The van der Waals surface area contributed by atoms with Crippen LogP contribution >= 0.6 is 7.78 Å². The third kappa shape index (κ3) is 6.42. The molecule has 0 spiro atoms. The number of hydrogen-bond acceptors (Lipinski definition) is 2. The molecule has 2 atom stereocenters. The third-order valence-corrected chi connectivity index (χ3v) is 3.49. The van der Waals surface area contributed by atoms with Crippen LogP contribution in [0.1, 0.15) is 20.3 Å². The monoisotopic (exact) mass is 168 g/mol. The van der Waals surface area contributed by atoms with Gasteiger partial charge in [0.05, 0.1) is 6.61 Å². The van der Waals surface area contributed by atoms with Crippen molar-refractivity contribution in [1.82, 2.24) is 0 Å². The van der Waals surface area contributed by atoms with Crippen molar-refractivity contribution >= 4 is 18.5 Å². The van der Waals surface area contributed by atoms with Gasteiger partial charge in [-0.15, -0.1) is 0 Å². The van der Waals surface area contributed by atoms with E-state index in [1.54, 1.807) is 0 Å². The van der Waals surface area contributed by atoms with E-state index in [0.717, 1.165) is 12.6 Å². The summed E-state index contributed by atoms with van der Waals surface area (Å²) in [6, 6.07) is 0. The summed E-state index contributed by atoms with van der Waals surface area (Å²) >= 11 is 0. The van der Waals surface area contributed by atoms with Crippen LogP contribution in [0.4, 0.5) is 0 Å². The Bertz CT molecular complexity index is 87.0. The molecule has 0 aromatic heterocycles. The molecule has 0 heterocycles. The summed E-state index contributed by atoms with van der Waals surface area (Å²) in [5.74, 6) is 0. The highest BCUT2D eigenvalue weighted by Crippen LogP contribution is 2.15. The van der Waals surface area contributed by atoms with Crippen LogP contribution in [-0.2, 0) is 14.9 Å². The van der Waals surface area contributed by atoms with Crippen molar-refractivity contribution in [1.29, 1.82) is 0 Å². The molecular formula is C5H13O2PS. The highest BCUT2D eigenvalue weighted by atomic mass is 32.7. The summed E-state index contributed by atoms with van der Waals surface area (Å²) in [4.78, 5) is 0. The summed E-state index contributed by atoms with van der Waals surface area (Å²) in [6.07, 6.45) is 1.90. The van der Waals surface area contributed by atoms with Crippen molar-refractivity contribution in [3.05, 3.63) is 0 Å². The molecule has 0 fully saturated rings. The van der Waals surface area contributed by atoms with Crippen molar-refractivity contribution in [2.45, 2.75) is 20.3 Å². The smallest absolute Gasteiger partial charge is 0.173 e. The highest BCUT2D eigenvalue weighted by molar-refractivity contribution is 8.37. The van der Waals surface area contributed by atoms with E-state index in [1.165, 1.54) is 0 Å². The maximum Gasteiger partial charge on any atom is 0.173 e. The lowest BCUT2D eigenvalue weighted by atomic mass is 10.5. The van der Waals surface area contributed by atoms with Crippen molar-refractivity contribution in [2.24, 2.45) is 0 Å². The molecule has 0 bridgehead atoms. The Morgan fingerprint density at radius 1 is 1.56 bits per heavy atom. The Morgan fingerprint density at radius 2 is 2.22 bits per heavy atom. The molecule has 0 N–H and O–H groups in total. The van der Waals surface area contributed by atoms with E-state index < -0.39 is 10.7 Å². The summed E-state index contributed by atoms with van der Waals surface area (Å²) in [6.45, 7) is 4.64. The van der Waals surface area contributed by atoms with Crippen molar-refractivity contribution in [3.8, 4) is 0 Å². The van der Waals surface area contributed by atoms with Gasteiger partial charge in [0.25, 0.3) is 0 Å². The highest BCUT2D eigenvalue weighted by Gasteiger charge is 1.94. The van der Waals surface area contributed by atoms with Gasteiger partial charge in [-0.2, -0.15) is 0 Å². The summed E-state index contributed by atoms with van der Waals surface area (Å²) in [5.41, 5.74) is 0. The third-order valence-electron chi connectivity index (χ3n) is 0.657. The molecule has 0 saturated heterocycles. The first kappa shape index (κ1) is 9.54. The van der Waals surface area contributed by atoms with E-state index in [2.05, 4.69) is 0 Å².